The number of hydrogen-bond donors (Lipinski definition) is 1. The Labute approximate surface area is 145 Å². The Morgan fingerprint density at radius 2 is 2.08 bits per heavy atom. The van der Waals surface area contributed by atoms with Crippen molar-refractivity contribution < 1.29 is 14.3 Å². The quantitative estimate of drug-likeness (QED) is 0.773. The van der Waals surface area contributed by atoms with Crippen molar-refractivity contribution in [1.82, 2.24) is 20.1 Å². The van der Waals surface area contributed by atoms with E-state index in [0.29, 0.717) is 22.9 Å². The van der Waals surface area contributed by atoms with Crippen molar-refractivity contribution in [2.24, 2.45) is 7.05 Å². The second kappa shape index (κ2) is 8.05. The average Bonchev–Trinajstić information content (AvgIpc) is 2.95. The summed E-state index contributed by atoms with van der Waals surface area (Å²) in [6.45, 7) is 3.92. The van der Waals surface area contributed by atoms with Gasteiger partial charge in [0.25, 0.3) is 5.91 Å². The summed E-state index contributed by atoms with van der Waals surface area (Å²) < 4.78 is 12.3. The van der Waals surface area contributed by atoms with Gasteiger partial charge in [-0.2, -0.15) is 0 Å². The summed E-state index contributed by atoms with van der Waals surface area (Å²) in [5.41, 5.74) is 0.411. The van der Waals surface area contributed by atoms with Gasteiger partial charge in [0.2, 0.25) is 0 Å². The van der Waals surface area contributed by atoms with Gasteiger partial charge in [-0.05, 0) is 30.9 Å². The highest BCUT2D eigenvalue weighted by Crippen LogP contribution is 2.25. The Hall–Kier alpha value is -2.22. The van der Waals surface area contributed by atoms with E-state index in [9.17, 15) is 4.79 Å². The molecule has 0 bridgehead atoms. The Morgan fingerprint density at radius 3 is 2.71 bits per heavy atom. The first-order valence-corrected chi connectivity index (χ1v) is 8.55. The molecule has 0 radical (unpaired) electrons. The van der Waals surface area contributed by atoms with Gasteiger partial charge in [0, 0.05) is 7.05 Å². The number of amides is 1. The molecule has 1 aromatic carbocycles. The van der Waals surface area contributed by atoms with Gasteiger partial charge in [-0.25, -0.2) is 0 Å². The lowest BCUT2D eigenvalue weighted by molar-refractivity contribution is 0.0934. The number of carbonyl (C=O) groups is 1. The van der Waals surface area contributed by atoms with Crippen LogP contribution in [0, 0.1) is 0 Å². The van der Waals surface area contributed by atoms with Gasteiger partial charge in [0.15, 0.2) is 11.0 Å². The molecule has 7 nitrogen and oxygen atoms in total. The van der Waals surface area contributed by atoms with Crippen LogP contribution in [0.3, 0.4) is 0 Å². The van der Waals surface area contributed by atoms with Crippen LogP contribution in [0.25, 0.3) is 0 Å². The number of aromatic nitrogens is 3. The molecule has 1 amide bonds. The first-order chi connectivity index (χ1) is 11.5. The van der Waals surface area contributed by atoms with Crippen LogP contribution in [0.15, 0.2) is 23.4 Å². The third kappa shape index (κ3) is 3.81. The summed E-state index contributed by atoms with van der Waals surface area (Å²) in [4.78, 5) is 12.6. The molecule has 24 heavy (non-hydrogen) atoms. The van der Waals surface area contributed by atoms with Crippen molar-refractivity contribution in [3.8, 4) is 11.5 Å². The summed E-state index contributed by atoms with van der Waals surface area (Å²) in [6.07, 6.45) is 0. The topological polar surface area (TPSA) is 78.3 Å². The largest absolute Gasteiger partial charge is 0.497 e. The fourth-order valence-corrected chi connectivity index (χ4v) is 2.93. The molecule has 0 saturated heterocycles. The van der Waals surface area contributed by atoms with E-state index in [2.05, 4.69) is 22.4 Å². The molecule has 1 heterocycles. The summed E-state index contributed by atoms with van der Waals surface area (Å²) in [7, 11) is 4.97. The second-order valence-electron chi connectivity index (χ2n) is 5.09. The third-order valence-electron chi connectivity index (χ3n) is 3.53. The molecule has 0 aliphatic rings. The predicted molar refractivity (Wildman–Crippen MR) is 92.8 cm³/mol. The van der Waals surface area contributed by atoms with E-state index in [1.807, 2.05) is 18.5 Å². The van der Waals surface area contributed by atoms with E-state index in [0.717, 1.165) is 10.9 Å². The molecule has 8 heteroatoms. The van der Waals surface area contributed by atoms with E-state index in [1.54, 1.807) is 37.1 Å². The lowest BCUT2D eigenvalue weighted by Crippen LogP contribution is -2.28. The summed E-state index contributed by atoms with van der Waals surface area (Å²) in [5.74, 6) is 2.43. The molecule has 1 N–H and O–H groups in total. The van der Waals surface area contributed by atoms with Gasteiger partial charge in [-0.1, -0.05) is 18.7 Å². The van der Waals surface area contributed by atoms with E-state index in [4.69, 9.17) is 9.47 Å². The molecular formula is C16H22N4O3S. The van der Waals surface area contributed by atoms with Gasteiger partial charge in [0.05, 0.1) is 25.8 Å². The van der Waals surface area contributed by atoms with Crippen LogP contribution in [0.1, 0.15) is 36.1 Å². The van der Waals surface area contributed by atoms with Crippen LogP contribution in [0.2, 0.25) is 0 Å². The normalized spacial score (nSPS) is 11.9. The Balaban J connectivity index is 2.20. The van der Waals surface area contributed by atoms with Gasteiger partial charge >= 0.3 is 0 Å². The van der Waals surface area contributed by atoms with Crippen molar-refractivity contribution in [2.75, 3.05) is 20.0 Å². The fraction of sp³-hybridized carbons (Fsp3) is 0.438. The van der Waals surface area contributed by atoms with Gasteiger partial charge in [0.1, 0.15) is 11.5 Å². The fourth-order valence-electron chi connectivity index (χ4n) is 2.29. The van der Waals surface area contributed by atoms with Crippen LogP contribution in [-0.4, -0.2) is 40.6 Å². The zero-order valence-corrected chi connectivity index (χ0v) is 15.3. The number of nitrogens with one attached hydrogen (secondary N) is 1. The van der Waals surface area contributed by atoms with Crippen LogP contribution in [-0.2, 0) is 7.05 Å². The monoisotopic (exact) mass is 350 g/mol. The smallest absolute Gasteiger partial charge is 0.255 e. The van der Waals surface area contributed by atoms with Gasteiger partial charge < -0.3 is 19.4 Å². The Morgan fingerprint density at radius 1 is 1.33 bits per heavy atom. The van der Waals surface area contributed by atoms with E-state index in [-0.39, 0.29) is 11.9 Å². The highest BCUT2D eigenvalue weighted by atomic mass is 32.2. The molecule has 2 aromatic rings. The zero-order chi connectivity index (χ0) is 17.7. The molecule has 1 atom stereocenters. The van der Waals surface area contributed by atoms with E-state index < -0.39 is 0 Å². The lowest BCUT2D eigenvalue weighted by Gasteiger charge is -2.15. The molecule has 0 aliphatic heterocycles. The van der Waals surface area contributed by atoms with Gasteiger partial charge in [-0.15, -0.1) is 10.2 Å². The average molecular weight is 350 g/mol. The highest BCUT2D eigenvalue weighted by molar-refractivity contribution is 7.99. The van der Waals surface area contributed by atoms with Crippen molar-refractivity contribution in [3.63, 3.8) is 0 Å². The van der Waals surface area contributed by atoms with Crippen LogP contribution in [0.5, 0.6) is 11.5 Å². The molecule has 0 saturated carbocycles. The first-order valence-electron chi connectivity index (χ1n) is 7.56. The molecule has 130 valence electrons. The number of methoxy groups -OCH3 is 2. The number of rotatable bonds is 7. The number of carbonyl (C=O) groups excluding carboxylic acids is 1. The third-order valence-corrected chi connectivity index (χ3v) is 4.43. The molecule has 0 spiro atoms. The maximum atomic E-state index is 12.6. The maximum Gasteiger partial charge on any atom is 0.255 e. The molecule has 0 fully saturated rings. The van der Waals surface area contributed by atoms with Crippen molar-refractivity contribution in [3.05, 3.63) is 29.6 Å². The molecule has 2 rings (SSSR count). The van der Waals surface area contributed by atoms with Crippen LogP contribution in [0.4, 0.5) is 0 Å². The molecular weight excluding hydrogens is 328 g/mol. The number of ether oxygens (including phenoxy) is 2. The highest BCUT2D eigenvalue weighted by Gasteiger charge is 2.20. The number of hydrogen-bond acceptors (Lipinski definition) is 6. The van der Waals surface area contributed by atoms with Crippen molar-refractivity contribution in [1.29, 1.82) is 0 Å². The zero-order valence-electron chi connectivity index (χ0n) is 14.5. The lowest BCUT2D eigenvalue weighted by atomic mass is 10.1. The Kier molecular flexibility index (Phi) is 6.08. The number of nitrogens with zero attached hydrogens (tertiary/aromatic N) is 3. The minimum absolute atomic E-state index is 0.258. The second-order valence-corrected chi connectivity index (χ2v) is 6.33. The SMILES string of the molecule is CCSc1nnc(C(C)NC(=O)c2cc(OC)ccc2OC)n1C. The maximum absolute atomic E-state index is 12.6. The predicted octanol–water partition coefficient (Wildman–Crippen LogP) is 2.44. The van der Waals surface area contributed by atoms with E-state index in [1.165, 1.54) is 7.11 Å². The Bertz CT molecular complexity index is 717. The molecule has 0 aliphatic carbocycles. The summed E-state index contributed by atoms with van der Waals surface area (Å²) in [5, 5.41) is 12.1. The number of benzene rings is 1. The van der Waals surface area contributed by atoms with Crippen molar-refractivity contribution in [2.45, 2.75) is 25.0 Å². The summed E-state index contributed by atoms with van der Waals surface area (Å²) >= 11 is 1.61. The number of thioether (sulfide) groups is 1. The standard InChI is InChI=1S/C16H22N4O3S/c1-6-24-16-19-18-14(20(16)3)10(2)17-15(21)12-9-11(22-4)7-8-13(12)23-5/h7-10H,6H2,1-5H3,(H,17,21). The van der Waals surface area contributed by atoms with Gasteiger partial charge in [-0.3, -0.25) is 4.79 Å². The van der Waals surface area contributed by atoms with E-state index >= 15 is 0 Å². The molecule has 1 aromatic heterocycles. The molecule has 1 unspecified atom stereocenters. The first kappa shape index (κ1) is 18.1. The van der Waals surface area contributed by atoms with Crippen LogP contribution < -0.4 is 14.8 Å². The minimum atomic E-state index is -0.294. The van der Waals surface area contributed by atoms with Crippen LogP contribution >= 0.6 is 11.8 Å². The minimum Gasteiger partial charge on any atom is -0.497 e. The van der Waals surface area contributed by atoms with Crippen molar-refractivity contribution >= 4 is 17.7 Å². The summed E-state index contributed by atoms with van der Waals surface area (Å²) in [6, 6.07) is 4.81.